The van der Waals surface area contributed by atoms with Gasteiger partial charge >= 0.3 is 0 Å². The summed E-state index contributed by atoms with van der Waals surface area (Å²) in [6.45, 7) is 8.33. The Balaban J connectivity index is 1.54. The Morgan fingerprint density at radius 2 is 1.77 bits per heavy atom. The number of hydrogen-bond acceptors (Lipinski definition) is 5. The van der Waals surface area contributed by atoms with Crippen molar-refractivity contribution in [3.05, 3.63) is 71.8 Å². The Kier molecular flexibility index (Phi) is 5.19. The Morgan fingerprint density at radius 1 is 1.03 bits per heavy atom. The lowest BCUT2D eigenvalue weighted by Gasteiger charge is -2.19. The average molecular weight is 415 g/mol. The molecule has 0 spiro atoms. The third-order valence-electron chi connectivity index (χ3n) is 5.15. The van der Waals surface area contributed by atoms with E-state index < -0.39 is 0 Å². The standard InChI is InChI=1S/C24H25N5O2/c1-15-27-19-12-18(31-5)10-11-20(19)29(15)22-14-25-21(13-26-22)28-23(30)16-6-8-17(9-7-16)24(2,3)4/h6-14H,1-5H3,(H,25,28,30). The van der Waals surface area contributed by atoms with Crippen molar-refractivity contribution in [3.63, 3.8) is 0 Å². The summed E-state index contributed by atoms with van der Waals surface area (Å²) in [6.07, 6.45) is 3.17. The summed E-state index contributed by atoms with van der Waals surface area (Å²) in [5, 5.41) is 2.80. The number of imidazole rings is 1. The zero-order chi connectivity index (χ0) is 22.2. The number of carbonyl (C=O) groups is 1. The molecule has 0 atom stereocenters. The molecule has 0 saturated heterocycles. The van der Waals surface area contributed by atoms with Crippen LogP contribution in [0, 0.1) is 6.92 Å². The highest BCUT2D eigenvalue weighted by Crippen LogP contribution is 2.25. The van der Waals surface area contributed by atoms with Crippen LogP contribution in [-0.2, 0) is 5.41 Å². The molecule has 1 amide bonds. The van der Waals surface area contributed by atoms with Crippen LogP contribution in [0.25, 0.3) is 16.9 Å². The third-order valence-corrected chi connectivity index (χ3v) is 5.15. The van der Waals surface area contributed by atoms with E-state index in [1.54, 1.807) is 19.5 Å². The topological polar surface area (TPSA) is 81.9 Å². The van der Waals surface area contributed by atoms with Gasteiger partial charge in [0, 0.05) is 11.6 Å². The Labute approximate surface area is 181 Å². The molecule has 0 aliphatic heterocycles. The van der Waals surface area contributed by atoms with Gasteiger partial charge in [-0.3, -0.25) is 9.36 Å². The number of carbonyl (C=O) groups excluding carboxylic acids is 1. The molecule has 0 unspecified atom stereocenters. The van der Waals surface area contributed by atoms with Crippen molar-refractivity contribution in [2.24, 2.45) is 0 Å². The van der Waals surface area contributed by atoms with E-state index in [1.807, 2.05) is 54.0 Å². The Hall–Kier alpha value is -3.74. The average Bonchev–Trinajstić information content (AvgIpc) is 3.08. The van der Waals surface area contributed by atoms with Crippen LogP contribution in [0.4, 0.5) is 5.82 Å². The van der Waals surface area contributed by atoms with Crippen molar-refractivity contribution < 1.29 is 9.53 Å². The van der Waals surface area contributed by atoms with Gasteiger partial charge < -0.3 is 10.1 Å². The maximum atomic E-state index is 12.6. The molecule has 7 nitrogen and oxygen atoms in total. The number of hydrogen-bond donors (Lipinski definition) is 1. The summed E-state index contributed by atoms with van der Waals surface area (Å²) >= 11 is 0. The van der Waals surface area contributed by atoms with Gasteiger partial charge in [-0.2, -0.15) is 0 Å². The number of fused-ring (bicyclic) bond motifs is 1. The van der Waals surface area contributed by atoms with Gasteiger partial charge in [-0.05, 0) is 42.2 Å². The summed E-state index contributed by atoms with van der Waals surface area (Å²) < 4.78 is 7.19. The molecule has 4 rings (SSSR count). The van der Waals surface area contributed by atoms with Gasteiger partial charge in [-0.1, -0.05) is 32.9 Å². The maximum Gasteiger partial charge on any atom is 0.256 e. The van der Waals surface area contributed by atoms with Crippen molar-refractivity contribution in [2.75, 3.05) is 12.4 Å². The lowest BCUT2D eigenvalue weighted by atomic mass is 9.87. The predicted octanol–water partition coefficient (Wildman–Crippen LogP) is 4.68. The number of amides is 1. The number of nitrogens with one attached hydrogen (secondary N) is 1. The molecule has 158 valence electrons. The normalized spacial score (nSPS) is 11.5. The van der Waals surface area contributed by atoms with Crippen LogP contribution in [0.1, 0.15) is 42.5 Å². The molecule has 0 aliphatic carbocycles. The number of nitrogens with zero attached hydrogens (tertiary/aromatic N) is 4. The molecule has 2 heterocycles. The number of rotatable bonds is 4. The minimum absolute atomic E-state index is 0.0388. The molecule has 31 heavy (non-hydrogen) atoms. The molecule has 0 radical (unpaired) electrons. The number of aromatic nitrogens is 4. The summed E-state index contributed by atoms with van der Waals surface area (Å²) in [5.74, 6) is 2.32. The largest absolute Gasteiger partial charge is 0.497 e. The second-order valence-electron chi connectivity index (χ2n) is 8.39. The summed E-state index contributed by atoms with van der Waals surface area (Å²) in [4.78, 5) is 26.0. The fraction of sp³-hybridized carbons (Fsp3) is 0.250. The molecular formula is C24H25N5O2. The van der Waals surface area contributed by atoms with Gasteiger partial charge in [0.15, 0.2) is 11.6 Å². The minimum Gasteiger partial charge on any atom is -0.497 e. The van der Waals surface area contributed by atoms with Crippen LogP contribution in [0.3, 0.4) is 0 Å². The number of methoxy groups -OCH3 is 1. The van der Waals surface area contributed by atoms with Crippen LogP contribution in [0.2, 0.25) is 0 Å². The van der Waals surface area contributed by atoms with Crippen LogP contribution < -0.4 is 10.1 Å². The van der Waals surface area contributed by atoms with Crippen LogP contribution in [-0.4, -0.2) is 32.5 Å². The molecule has 4 aromatic rings. The first-order valence-corrected chi connectivity index (χ1v) is 10.0. The lowest BCUT2D eigenvalue weighted by Crippen LogP contribution is -2.15. The monoisotopic (exact) mass is 415 g/mol. The highest BCUT2D eigenvalue weighted by atomic mass is 16.5. The molecule has 2 aromatic heterocycles. The first kappa shape index (κ1) is 20.5. The molecule has 0 saturated carbocycles. The van der Waals surface area contributed by atoms with Gasteiger partial charge in [-0.15, -0.1) is 0 Å². The first-order chi connectivity index (χ1) is 14.8. The summed E-state index contributed by atoms with van der Waals surface area (Å²) in [5.41, 5.74) is 3.51. The second kappa shape index (κ2) is 7.83. The molecule has 0 aliphatic rings. The third kappa shape index (κ3) is 4.12. The van der Waals surface area contributed by atoms with Crippen LogP contribution in [0.5, 0.6) is 5.75 Å². The number of benzene rings is 2. The van der Waals surface area contributed by atoms with E-state index >= 15 is 0 Å². The molecule has 7 heteroatoms. The van der Waals surface area contributed by atoms with E-state index in [0.29, 0.717) is 17.2 Å². The minimum atomic E-state index is -0.223. The zero-order valence-corrected chi connectivity index (χ0v) is 18.3. The van der Waals surface area contributed by atoms with E-state index in [-0.39, 0.29) is 11.3 Å². The number of anilines is 1. The van der Waals surface area contributed by atoms with E-state index in [4.69, 9.17) is 4.74 Å². The van der Waals surface area contributed by atoms with Crippen molar-refractivity contribution >= 4 is 22.8 Å². The smallest absolute Gasteiger partial charge is 0.256 e. The number of aryl methyl sites for hydroxylation is 1. The maximum absolute atomic E-state index is 12.6. The first-order valence-electron chi connectivity index (χ1n) is 10.0. The highest BCUT2D eigenvalue weighted by molar-refractivity contribution is 6.03. The molecule has 1 N–H and O–H groups in total. The zero-order valence-electron chi connectivity index (χ0n) is 18.3. The van der Waals surface area contributed by atoms with Gasteiger partial charge in [-0.25, -0.2) is 15.0 Å². The number of ether oxygens (including phenoxy) is 1. The van der Waals surface area contributed by atoms with E-state index in [0.717, 1.165) is 22.6 Å². The Morgan fingerprint density at radius 3 is 2.39 bits per heavy atom. The van der Waals surface area contributed by atoms with Crippen molar-refractivity contribution in [1.82, 2.24) is 19.5 Å². The predicted molar refractivity (Wildman–Crippen MR) is 121 cm³/mol. The molecular weight excluding hydrogens is 390 g/mol. The van der Waals surface area contributed by atoms with Crippen molar-refractivity contribution in [3.8, 4) is 11.6 Å². The van der Waals surface area contributed by atoms with Gasteiger partial charge in [0.05, 0.1) is 30.5 Å². The molecule has 0 bridgehead atoms. The lowest BCUT2D eigenvalue weighted by molar-refractivity contribution is 0.102. The fourth-order valence-electron chi connectivity index (χ4n) is 3.41. The fourth-order valence-corrected chi connectivity index (χ4v) is 3.41. The molecule has 2 aromatic carbocycles. The molecule has 0 fully saturated rings. The quantitative estimate of drug-likeness (QED) is 0.523. The van der Waals surface area contributed by atoms with E-state index in [1.165, 1.54) is 5.56 Å². The summed E-state index contributed by atoms with van der Waals surface area (Å²) in [7, 11) is 1.63. The van der Waals surface area contributed by atoms with Gasteiger partial charge in [0.1, 0.15) is 11.6 Å². The highest BCUT2D eigenvalue weighted by Gasteiger charge is 2.15. The van der Waals surface area contributed by atoms with Gasteiger partial charge in [0.25, 0.3) is 5.91 Å². The second-order valence-corrected chi connectivity index (χ2v) is 8.39. The van der Waals surface area contributed by atoms with Crippen LogP contribution in [0.15, 0.2) is 54.9 Å². The van der Waals surface area contributed by atoms with Gasteiger partial charge in [0.2, 0.25) is 0 Å². The van der Waals surface area contributed by atoms with E-state index in [2.05, 4.69) is 41.0 Å². The van der Waals surface area contributed by atoms with Crippen LogP contribution >= 0.6 is 0 Å². The van der Waals surface area contributed by atoms with E-state index in [9.17, 15) is 4.79 Å². The summed E-state index contributed by atoms with van der Waals surface area (Å²) in [6, 6.07) is 13.3. The Bertz CT molecular complexity index is 1240. The SMILES string of the molecule is COc1ccc2c(c1)nc(C)n2-c1cnc(NC(=O)c2ccc(C(C)(C)C)cc2)cn1. The van der Waals surface area contributed by atoms with Crippen molar-refractivity contribution in [1.29, 1.82) is 0 Å². The van der Waals surface area contributed by atoms with Crippen molar-refractivity contribution in [2.45, 2.75) is 33.1 Å².